The second-order valence-electron chi connectivity index (χ2n) is 19.2. The monoisotopic (exact) mass is 930 g/mol. The molecule has 7 heteroatoms. The third-order valence-corrected chi connectivity index (χ3v) is 15.6. The van der Waals surface area contributed by atoms with E-state index in [1.807, 2.05) is 36.7 Å². The predicted molar refractivity (Wildman–Crippen MR) is 293 cm³/mol. The topological polar surface area (TPSA) is 73.6 Å². The van der Waals surface area contributed by atoms with Crippen LogP contribution in [0.4, 0.5) is 0 Å². The average molecular weight is 931 g/mol. The fourth-order valence-electron chi connectivity index (χ4n) is 12.6. The fourth-order valence-corrected chi connectivity index (χ4v) is 12.6. The van der Waals surface area contributed by atoms with Crippen molar-refractivity contribution in [3.8, 4) is 57.1 Å². The molecular formula is C66H38N6O. The van der Waals surface area contributed by atoms with Gasteiger partial charge in [0.1, 0.15) is 11.5 Å². The quantitative estimate of drug-likeness (QED) is 0.176. The molecule has 9 aromatic carbocycles. The fraction of sp³-hybridized carbons (Fsp3) is 0.0152. The Morgan fingerprint density at radius 2 is 0.849 bits per heavy atom. The third kappa shape index (κ3) is 5.36. The zero-order valence-corrected chi connectivity index (χ0v) is 39.0. The highest BCUT2D eigenvalue weighted by Crippen LogP contribution is 2.62. The molecule has 0 amide bonds. The smallest absolute Gasteiger partial charge is 0.132 e. The minimum Gasteiger partial charge on any atom is -0.457 e. The second-order valence-corrected chi connectivity index (χ2v) is 19.2. The number of benzene rings is 9. The van der Waals surface area contributed by atoms with Crippen LogP contribution in [-0.4, -0.2) is 23.7 Å². The van der Waals surface area contributed by atoms with Crippen LogP contribution in [0.2, 0.25) is 0 Å². The molecule has 0 fully saturated rings. The first-order valence-corrected chi connectivity index (χ1v) is 24.6. The van der Waals surface area contributed by atoms with Gasteiger partial charge in [0.2, 0.25) is 0 Å². The van der Waals surface area contributed by atoms with Crippen LogP contribution in [0, 0.1) is 11.3 Å². The summed E-state index contributed by atoms with van der Waals surface area (Å²) in [5, 5.41) is 17.1. The van der Waals surface area contributed by atoms with Gasteiger partial charge in [-0.25, -0.2) is 0 Å². The van der Waals surface area contributed by atoms with E-state index in [1.54, 1.807) is 0 Å². The first-order valence-electron chi connectivity index (χ1n) is 24.6. The summed E-state index contributed by atoms with van der Waals surface area (Å²) in [6, 6.07) is 80.2. The standard InChI is InChI=1S/C66H38N6O/c67-39-40-24-29-60-50(34-40)51-35-41(26-30-61(51)71(60)44-13-9-12-43(37-44)70-56-20-5-1-14-46(56)47-15-2-6-21-57(47)70)42-25-28-52-63(36-42)73-62-31-27-45(72-58-22-7-3-16-48(58)49-17-4-8-23-59(49)72)38-55(62)66(52)53-18-10-32-68-64(53)65-54(66)19-11-33-69-65/h1-38H. The van der Waals surface area contributed by atoms with Crippen molar-refractivity contribution in [3.63, 3.8) is 0 Å². The maximum Gasteiger partial charge on any atom is 0.132 e. The summed E-state index contributed by atoms with van der Waals surface area (Å²) in [5.41, 5.74) is 17.7. The molecule has 0 atom stereocenters. The molecule has 5 aromatic heterocycles. The molecule has 0 radical (unpaired) electrons. The Balaban J connectivity index is 0.877. The summed E-state index contributed by atoms with van der Waals surface area (Å²) < 4.78 is 14.2. The lowest BCUT2D eigenvalue weighted by atomic mass is 9.66. The van der Waals surface area contributed by atoms with Gasteiger partial charge in [0.05, 0.1) is 61.5 Å². The van der Waals surface area contributed by atoms with Crippen LogP contribution in [0.5, 0.6) is 11.5 Å². The van der Waals surface area contributed by atoms with Gasteiger partial charge < -0.3 is 18.4 Å². The van der Waals surface area contributed by atoms with E-state index in [0.29, 0.717) is 5.56 Å². The highest BCUT2D eigenvalue weighted by Gasteiger charge is 2.52. The molecule has 1 spiro atoms. The minimum absolute atomic E-state index is 0.615. The van der Waals surface area contributed by atoms with Crippen molar-refractivity contribution in [1.29, 1.82) is 5.26 Å². The van der Waals surface area contributed by atoms with E-state index < -0.39 is 5.41 Å². The van der Waals surface area contributed by atoms with E-state index in [4.69, 9.17) is 14.7 Å². The number of nitriles is 1. The number of aromatic nitrogens is 5. The maximum absolute atomic E-state index is 10.2. The molecule has 1 aliphatic carbocycles. The van der Waals surface area contributed by atoms with Gasteiger partial charge in [-0.05, 0) is 131 Å². The van der Waals surface area contributed by atoms with Crippen LogP contribution >= 0.6 is 0 Å². The third-order valence-electron chi connectivity index (χ3n) is 15.6. The highest BCUT2D eigenvalue weighted by molar-refractivity contribution is 6.12. The zero-order valence-electron chi connectivity index (χ0n) is 39.0. The van der Waals surface area contributed by atoms with Crippen molar-refractivity contribution in [2.75, 3.05) is 0 Å². The average Bonchev–Trinajstić information content (AvgIpc) is 4.17. The summed E-state index contributed by atoms with van der Waals surface area (Å²) in [5.74, 6) is 1.56. The van der Waals surface area contributed by atoms with Crippen LogP contribution in [0.3, 0.4) is 0 Å². The van der Waals surface area contributed by atoms with Crippen molar-refractivity contribution < 1.29 is 4.74 Å². The largest absolute Gasteiger partial charge is 0.457 e. The van der Waals surface area contributed by atoms with Crippen molar-refractivity contribution in [1.82, 2.24) is 23.7 Å². The first kappa shape index (κ1) is 39.8. The molecule has 0 bridgehead atoms. The molecule has 14 aromatic rings. The van der Waals surface area contributed by atoms with Gasteiger partial charge in [0.15, 0.2) is 0 Å². The van der Waals surface area contributed by atoms with E-state index in [-0.39, 0.29) is 0 Å². The van der Waals surface area contributed by atoms with Gasteiger partial charge in [-0.3, -0.25) is 9.97 Å². The number of pyridine rings is 2. The Bertz CT molecular complexity index is 4600. The Labute approximate surface area is 418 Å². The van der Waals surface area contributed by atoms with Crippen molar-refractivity contribution in [2.24, 2.45) is 0 Å². The number of hydrogen-bond acceptors (Lipinski definition) is 4. The zero-order chi connectivity index (χ0) is 47.9. The van der Waals surface area contributed by atoms with Crippen molar-refractivity contribution in [3.05, 3.63) is 259 Å². The number of para-hydroxylation sites is 4. The molecule has 2 aliphatic rings. The molecular weight excluding hydrogens is 893 g/mol. The van der Waals surface area contributed by atoms with E-state index in [1.165, 1.54) is 21.5 Å². The molecule has 0 N–H and O–H groups in total. The van der Waals surface area contributed by atoms with Gasteiger partial charge >= 0.3 is 0 Å². The van der Waals surface area contributed by atoms with Gasteiger partial charge in [0, 0.05) is 72.9 Å². The molecule has 338 valence electrons. The van der Waals surface area contributed by atoms with E-state index in [0.717, 1.165) is 117 Å². The predicted octanol–water partition coefficient (Wildman–Crippen LogP) is 15.8. The second kappa shape index (κ2) is 14.8. The highest BCUT2D eigenvalue weighted by atomic mass is 16.5. The minimum atomic E-state index is -0.776. The van der Waals surface area contributed by atoms with Gasteiger partial charge in [-0.1, -0.05) is 109 Å². The van der Waals surface area contributed by atoms with Gasteiger partial charge in [-0.15, -0.1) is 0 Å². The molecule has 6 heterocycles. The van der Waals surface area contributed by atoms with Crippen LogP contribution in [0.25, 0.3) is 105 Å². The summed E-state index contributed by atoms with van der Waals surface area (Å²) in [7, 11) is 0. The lowest BCUT2D eigenvalue weighted by Gasteiger charge is -2.39. The number of ether oxygens (including phenoxy) is 1. The molecule has 1 aliphatic heterocycles. The van der Waals surface area contributed by atoms with Crippen LogP contribution < -0.4 is 4.74 Å². The number of nitrogens with zero attached hydrogens (tertiary/aromatic N) is 6. The van der Waals surface area contributed by atoms with E-state index in [9.17, 15) is 5.26 Å². The number of hydrogen-bond donors (Lipinski definition) is 0. The SMILES string of the molecule is N#Cc1ccc2c(c1)c1cc(-c3ccc4c(c3)Oc3ccc(-n5c6ccccc6c6ccccc65)cc3C43c4cccnc4-c4ncccc43)ccc1n2-c1cccc(-n2c3ccccc3c3ccccc32)c1. The van der Waals surface area contributed by atoms with Gasteiger partial charge in [0.25, 0.3) is 0 Å². The summed E-state index contributed by atoms with van der Waals surface area (Å²) in [6.07, 6.45) is 3.73. The molecule has 0 unspecified atom stereocenters. The lowest BCUT2D eigenvalue weighted by Crippen LogP contribution is -2.32. The Morgan fingerprint density at radius 1 is 0.356 bits per heavy atom. The molecule has 16 rings (SSSR count). The first-order chi connectivity index (χ1) is 36.2. The van der Waals surface area contributed by atoms with Crippen LogP contribution in [-0.2, 0) is 5.41 Å². The number of rotatable bonds is 4. The van der Waals surface area contributed by atoms with E-state index >= 15 is 0 Å². The Kier molecular flexibility index (Phi) is 8.04. The van der Waals surface area contributed by atoms with E-state index in [2.05, 4.69) is 214 Å². The Hall–Kier alpha value is -10.0. The summed E-state index contributed by atoms with van der Waals surface area (Å²) >= 11 is 0. The number of fused-ring (bicyclic) bond motifs is 18. The normalized spacial score (nSPS) is 13.1. The van der Waals surface area contributed by atoms with Gasteiger partial charge in [-0.2, -0.15) is 5.26 Å². The van der Waals surface area contributed by atoms with Crippen molar-refractivity contribution in [2.45, 2.75) is 5.41 Å². The summed E-state index contributed by atoms with van der Waals surface area (Å²) in [6.45, 7) is 0. The molecule has 0 saturated carbocycles. The maximum atomic E-state index is 10.2. The molecule has 0 saturated heterocycles. The van der Waals surface area contributed by atoms with Crippen molar-refractivity contribution >= 4 is 65.4 Å². The van der Waals surface area contributed by atoms with Crippen LogP contribution in [0.1, 0.15) is 27.8 Å². The molecule has 7 nitrogen and oxygen atoms in total. The molecule has 73 heavy (non-hydrogen) atoms. The van der Waals surface area contributed by atoms with Crippen LogP contribution in [0.15, 0.2) is 231 Å². The Morgan fingerprint density at radius 3 is 1.42 bits per heavy atom. The summed E-state index contributed by atoms with van der Waals surface area (Å²) in [4.78, 5) is 10.0. The lowest BCUT2D eigenvalue weighted by molar-refractivity contribution is 0.436.